The van der Waals surface area contributed by atoms with E-state index < -0.39 is 0 Å². The highest BCUT2D eigenvalue weighted by Gasteiger charge is 2.39. The lowest BCUT2D eigenvalue weighted by atomic mass is 9.85. The molecule has 0 unspecified atom stereocenters. The maximum absolute atomic E-state index is 12.1. The first-order valence-electron chi connectivity index (χ1n) is 6.20. The molecule has 1 heterocycles. The first kappa shape index (κ1) is 12.2. The topological polar surface area (TPSA) is 68.3 Å². The molecule has 1 aromatic rings. The van der Waals surface area contributed by atoms with Crippen LogP contribution in [-0.2, 0) is 11.3 Å². The van der Waals surface area contributed by atoms with Crippen LogP contribution in [0, 0.1) is 12.3 Å². The molecular weight excluding hydrogens is 216 g/mol. The third-order valence-corrected chi connectivity index (χ3v) is 3.65. The number of carbonyl (C=O) groups is 1. The Morgan fingerprint density at radius 3 is 2.71 bits per heavy atom. The quantitative estimate of drug-likeness (QED) is 0.836. The lowest BCUT2D eigenvalue weighted by Crippen LogP contribution is -2.43. The summed E-state index contributed by atoms with van der Waals surface area (Å²) in [6, 6.07) is 3.79. The first-order valence-corrected chi connectivity index (χ1v) is 6.20. The van der Waals surface area contributed by atoms with Crippen LogP contribution in [0.4, 0.5) is 0 Å². The van der Waals surface area contributed by atoms with Gasteiger partial charge < -0.3 is 15.5 Å². The van der Waals surface area contributed by atoms with E-state index in [1.165, 1.54) is 0 Å². The smallest absolute Gasteiger partial charge is 0.227 e. The van der Waals surface area contributed by atoms with Gasteiger partial charge in [-0.25, -0.2) is 0 Å². The number of nitrogens with one attached hydrogen (secondary N) is 1. The third-order valence-electron chi connectivity index (χ3n) is 3.65. The molecule has 0 spiro atoms. The molecule has 3 N–H and O–H groups in total. The lowest BCUT2D eigenvalue weighted by molar-refractivity contribution is -0.130. The van der Waals surface area contributed by atoms with Crippen LogP contribution in [0.2, 0.25) is 0 Å². The van der Waals surface area contributed by atoms with E-state index in [4.69, 9.17) is 10.2 Å². The Hall–Kier alpha value is -1.29. The second-order valence-corrected chi connectivity index (χ2v) is 4.89. The van der Waals surface area contributed by atoms with Crippen molar-refractivity contribution in [3.05, 3.63) is 23.7 Å². The van der Waals surface area contributed by atoms with E-state index in [-0.39, 0.29) is 11.3 Å². The van der Waals surface area contributed by atoms with E-state index >= 15 is 0 Å². The summed E-state index contributed by atoms with van der Waals surface area (Å²) in [5, 5.41) is 2.93. The van der Waals surface area contributed by atoms with Gasteiger partial charge in [0.25, 0.3) is 0 Å². The van der Waals surface area contributed by atoms with Crippen molar-refractivity contribution in [3.8, 4) is 0 Å². The minimum atomic E-state index is -0.332. The average molecular weight is 236 g/mol. The van der Waals surface area contributed by atoms with Gasteiger partial charge in [0.1, 0.15) is 11.5 Å². The fourth-order valence-corrected chi connectivity index (χ4v) is 2.51. The third kappa shape index (κ3) is 2.52. The molecule has 0 aromatic carbocycles. The van der Waals surface area contributed by atoms with Crippen molar-refractivity contribution in [1.82, 2.24) is 5.32 Å². The van der Waals surface area contributed by atoms with Crippen LogP contribution in [0.15, 0.2) is 16.5 Å². The maximum atomic E-state index is 12.1. The molecule has 17 heavy (non-hydrogen) atoms. The number of nitrogens with two attached hydrogens (primary N) is 1. The minimum absolute atomic E-state index is 0.0755. The van der Waals surface area contributed by atoms with Crippen LogP contribution in [0.3, 0.4) is 0 Å². The van der Waals surface area contributed by atoms with Gasteiger partial charge in [0.15, 0.2) is 0 Å². The van der Waals surface area contributed by atoms with Crippen molar-refractivity contribution >= 4 is 5.91 Å². The van der Waals surface area contributed by atoms with Crippen LogP contribution >= 0.6 is 0 Å². The van der Waals surface area contributed by atoms with Crippen molar-refractivity contribution in [2.45, 2.75) is 39.2 Å². The van der Waals surface area contributed by atoms with Gasteiger partial charge in [-0.3, -0.25) is 4.79 Å². The van der Waals surface area contributed by atoms with Crippen LogP contribution in [-0.4, -0.2) is 12.5 Å². The summed E-state index contributed by atoms with van der Waals surface area (Å²) in [5.41, 5.74) is 5.43. The molecule has 0 bridgehead atoms. The molecule has 2 rings (SSSR count). The highest BCUT2D eigenvalue weighted by atomic mass is 16.3. The van der Waals surface area contributed by atoms with E-state index in [9.17, 15) is 4.79 Å². The van der Waals surface area contributed by atoms with E-state index in [0.717, 1.165) is 37.2 Å². The Bertz CT molecular complexity index is 392. The van der Waals surface area contributed by atoms with Gasteiger partial charge in [0.2, 0.25) is 5.91 Å². The Labute approximate surface area is 102 Å². The normalized spacial score (nSPS) is 18.2. The Balaban J connectivity index is 1.92. The molecule has 1 amide bonds. The van der Waals surface area contributed by atoms with Crippen LogP contribution in [0.1, 0.15) is 37.2 Å². The number of carbonyl (C=O) groups excluding carboxylic acids is 1. The van der Waals surface area contributed by atoms with Crippen molar-refractivity contribution in [3.63, 3.8) is 0 Å². The predicted octanol–water partition coefficient (Wildman–Crippen LogP) is 1.72. The van der Waals surface area contributed by atoms with E-state index in [1.54, 1.807) is 0 Å². The molecule has 1 fully saturated rings. The molecular formula is C13H20N2O2. The van der Waals surface area contributed by atoms with E-state index in [0.29, 0.717) is 13.1 Å². The summed E-state index contributed by atoms with van der Waals surface area (Å²) in [6.07, 6.45) is 4.02. The maximum Gasteiger partial charge on any atom is 0.227 e. The van der Waals surface area contributed by atoms with Crippen LogP contribution in [0.5, 0.6) is 0 Å². The van der Waals surface area contributed by atoms with Gasteiger partial charge in [-0.2, -0.15) is 0 Å². The van der Waals surface area contributed by atoms with Gasteiger partial charge in [-0.15, -0.1) is 0 Å². The zero-order valence-corrected chi connectivity index (χ0v) is 10.3. The Morgan fingerprint density at radius 2 is 2.18 bits per heavy atom. The van der Waals surface area contributed by atoms with Gasteiger partial charge >= 0.3 is 0 Å². The van der Waals surface area contributed by atoms with Crippen LogP contribution in [0.25, 0.3) is 0 Å². The summed E-state index contributed by atoms with van der Waals surface area (Å²) in [5.74, 6) is 1.73. The molecule has 94 valence electrons. The molecule has 1 saturated carbocycles. The summed E-state index contributed by atoms with van der Waals surface area (Å²) >= 11 is 0. The van der Waals surface area contributed by atoms with E-state index in [2.05, 4.69) is 5.32 Å². The van der Waals surface area contributed by atoms with Crippen molar-refractivity contribution in [2.75, 3.05) is 6.54 Å². The number of furan rings is 1. The van der Waals surface area contributed by atoms with E-state index in [1.807, 2.05) is 19.1 Å². The van der Waals surface area contributed by atoms with Gasteiger partial charge in [-0.05, 0) is 31.9 Å². The monoisotopic (exact) mass is 236 g/mol. The van der Waals surface area contributed by atoms with Crippen LogP contribution < -0.4 is 11.1 Å². The zero-order valence-electron chi connectivity index (χ0n) is 10.3. The fraction of sp³-hybridized carbons (Fsp3) is 0.615. The predicted molar refractivity (Wildman–Crippen MR) is 65.2 cm³/mol. The summed E-state index contributed by atoms with van der Waals surface area (Å²) < 4.78 is 5.42. The number of amides is 1. The highest BCUT2D eigenvalue weighted by molar-refractivity contribution is 5.83. The molecule has 1 aromatic heterocycles. The fourth-order valence-electron chi connectivity index (χ4n) is 2.51. The van der Waals surface area contributed by atoms with Crippen molar-refractivity contribution < 1.29 is 9.21 Å². The Morgan fingerprint density at radius 1 is 1.47 bits per heavy atom. The molecule has 0 saturated heterocycles. The van der Waals surface area contributed by atoms with Crippen molar-refractivity contribution in [2.24, 2.45) is 11.1 Å². The molecule has 0 atom stereocenters. The van der Waals surface area contributed by atoms with Gasteiger partial charge in [-0.1, -0.05) is 12.8 Å². The number of aryl methyl sites for hydroxylation is 1. The SMILES string of the molecule is Cc1ccc(CNC(=O)C2(CN)CCCC2)o1. The minimum Gasteiger partial charge on any atom is -0.465 e. The van der Waals surface area contributed by atoms with Crippen molar-refractivity contribution in [1.29, 1.82) is 0 Å². The number of hydrogen-bond acceptors (Lipinski definition) is 3. The second kappa shape index (κ2) is 4.92. The molecule has 0 radical (unpaired) electrons. The number of rotatable bonds is 4. The molecule has 0 aliphatic heterocycles. The molecule has 4 heteroatoms. The highest BCUT2D eigenvalue weighted by Crippen LogP contribution is 2.37. The van der Waals surface area contributed by atoms with Gasteiger partial charge in [0.05, 0.1) is 12.0 Å². The largest absolute Gasteiger partial charge is 0.465 e. The average Bonchev–Trinajstić information content (AvgIpc) is 2.95. The molecule has 4 nitrogen and oxygen atoms in total. The first-order chi connectivity index (χ1) is 8.16. The summed E-state index contributed by atoms with van der Waals surface area (Å²) in [7, 11) is 0. The summed E-state index contributed by atoms with van der Waals surface area (Å²) in [6.45, 7) is 2.79. The zero-order chi connectivity index (χ0) is 12.3. The number of hydrogen-bond donors (Lipinski definition) is 2. The molecule has 1 aliphatic carbocycles. The molecule has 1 aliphatic rings. The Kier molecular flexibility index (Phi) is 3.52. The second-order valence-electron chi connectivity index (χ2n) is 4.89. The standard InChI is InChI=1S/C13H20N2O2/c1-10-4-5-11(17-10)8-15-12(16)13(9-14)6-2-3-7-13/h4-5H,2-3,6-9,14H2,1H3,(H,15,16). The van der Waals surface area contributed by atoms with Gasteiger partial charge in [0, 0.05) is 6.54 Å². The summed E-state index contributed by atoms with van der Waals surface area (Å²) in [4.78, 5) is 12.1. The lowest BCUT2D eigenvalue weighted by Gasteiger charge is -2.25.